The van der Waals surface area contributed by atoms with Crippen molar-refractivity contribution in [1.29, 1.82) is 0 Å². The van der Waals surface area contributed by atoms with E-state index in [4.69, 9.17) is 9.47 Å². The normalized spacial score (nSPS) is 19.3. The van der Waals surface area contributed by atoms with Gasteiger partial charge in [0.2, 0.25) is 0 Å². The zero-order valence-electron chi connectivity index (χ0n) is 16.7. The van der Waals surface area contributed by atoms with Crippen molar-refractivity contribution in [3.63, 3.8) is 0 Å². The average Bonchev–Trinajstić information content (AvgIpc) is 3.24. The third kappa shape index (κ3) is 4.66. The Labute approximate surface area is 170 Å². The first kappa shape index (κ1) is 19.6. The van der Waals surface area contributed by atoms with Crippen molar-refractivity contribution in [2.75, 3.05) is 20.3 Å². The van der Waals surface area contributed by atoms with Crippen LogP contribution in [0.15, 0.2) is 48.9 Å². The predicted molar refractivity (Wildman–Crippen MR) is 113 cm³/mol. The molecule has 1 saturated carbocycles. The van der Waals surface area contributed by atoms with Crippen molar-refractivity contribution in [2.45, 2.75) is 37.8 Å². The van der Waals surface area contributed by atoms with Crippen molar-refractivity contribution >= 4 is 16.8 Å². The Kier molecular flexibility index (Phi) is 6.22. The molecule has 1 aliphatic rings. The second kappa shape index (κ2) is 9.20. The Balaban J connectivity index is 1.46. The van der Waals surface area contributed by atoms with Crippen LogP contribution in [0.4, 0.5) is 0 Å². The Hall–Kier alpha value is -2.70. The third-order valence-corrected chi connectivity index (χ3v) is 5.55. The molecular weight excluding hydrogens is 366 g/mol. The lowest BCUT2D eigenvalue weighted by atomic mass is 9.92. The predicted octanol–water partition coefficient (Wildman–Crippen LogP) is 3.93. The molecule has 6 nitrogen and oxygen atoms in total. The van der Waals surface area contributed by atoms with Crippen LogP contribution in [0.5, 0.6) is 0 Å². The van der Waals surface area contributed by atoms with E-state index >= 15 is 0 Å². The fourth-order valence-electron chi connectivity index (χ4n) is 3.99. The lowest BCUT2D eigenvalue weighted by molar-refractivity contribution is -0.00408. The van der Waals surface area contributed by atoms with Gasteiger partial charge in [-0.1, -0.05) is 6.07 Å². The van der Waals surface area contributed by atoms with E-state index in [9.17, 15) is 4.79 Å². The molecular formula is C23H27N3O3. The maximum absolute atomic E-state index is 13.1. The van der Waals surface area contributed by atoms with Crippen LogP contribution in [0.2, 0.25) is 0 Å². The number of carbonyl (C=O) groups is 1. The second-order valence-corrected chi connectivity index (χ2v) is 7.52. The minimum atomic E-state index is -0.0352. The van der Waals surface area contributed by atoms with Gasteiger partial charge in [-0.05, 0) is 55.5 Å². The van der Waals surface area contributed by atoms with Crippen molar-refractivity contribution < 1.29 is 14.3 Å². The maximum atomic E-state index is 13.1. The summed E-state index contributed by atoms with van der Waals surface area (Å²) in [6.07, 6.45) is 9.49. The molecule has 0 spiro atoms. The van der Waals surface area contributed by atoms with Crippen LogP contribution in [0.3, 0.4) is 0 Å². The number of rotatable bonds is 7. The standard InChI is InChI=1S/C23H27N3O3/c1-28-11-12-29-20-6-4-19(5-7-20)26-23(27)21-14-18(17-3-2-9-24-15-17)13-16-8-10-25-22(16)21/h2-3,8-10,13-15,19-20,25H,4-7,11-12H2,1H3,(H,26,27). The molecule has 0 radical (unpaired) electrons. The molecule has 2 heterocycles. The van der Waals surface area contributed by atoms with Gasteiger partial charge in [0, 0.05) is 42.7 Å². The first-order valence-corrected chi connectivity index (χ1v) is 10.2. The summed E-state index contributed by atoms with van der Waals surface area (Å²) >= 11 is 0. The molecule has 0 aliphatic heterocycles. The SMILES string of the molecule is COCCOC1CCC(NC(=O)c2cc(-c3cccnc3)cc3cc[nH]c23)CC1. The number of aromatic nitrogens is 2. The molecule has 2 aromatic heterocycles. The van der Waals surface area contributed by atoms with E-state index < -0.39 is 0 Å². The summed E-state index contributed by atoms with van der Waals surface area (Å²) in [5.74, 6) is -0.0352. The molecule has 1 amide bonds. The highest BCUT2D eigenvalue weighted by atomic mass is 16.5. The van der Waals surface area contributed by atoms with Crippen molar-refractivity contribution in [3.05, 3.63) is 54.5 Å². The number of amides is 1. The van der Waals surface area contributed by atoms with Gasteiger partial charge in [0.05, 0.1) is 30.4 Å². The van der Waals surface area contributed by atoms with Gasteiger partial charge in [-0.3, -0.25) is 9.78 Å². The number of H-pyrrole nitrogens is 1. The Bertz CT molecular complexity index is 946. The maximum Gasteiger partial charge on any atom is 0.253 e. The molecule has 0 unspecified atom stereocenters. The Morgan fingerprint density at radius 3 is 2.79 bits per heavy atom. The smallest absolute Gasteiger partial charge is 0.253 e. The molecule has 2 N–H and O–H groups in total. The molecule has 6 heteroatoms. The monoisotopic (exact) mass is 393 g/mol. The zero-order chi connectivity index (χ0) is 20.1. The molecule has 1 fully saturated rings. The van der Waals surface area contributed by atoms with Crippen molar-refractivity contribution in [2.24, 2.45) is 0 Å². The van der Waals surface area contributed by atoms with Crippen LogP contribution < -0.4 is 5.32 Å². The highest BCUT2D eigenvalue weighted by Gasteiger charge is 2.24. The minimum absolute atomic E-state index is 0.0352. The van der Waals surface area contributed by atoms with Gasteiger partial charge in [-0.15, -0.1) is 0 Å². The number of methoxy groups -OCH3 is 1. The second-order valence-electron chi connectivity index (χ2n) is 7.52. The first-order valence-electron chi connectivity index (χ1n) is 10.2. The van der Waals surface area contributed by atoms with E-state index in [1.165, 1.54) is 0 Å². The van der Waals surface area contributed by atoms with E-state index in [2.05, 4.69) is 21.4 Å². The van der Waals surface area contributed by atoms with Gasteiger partial charge < -0.3 is 19.8 Å². The largest absolute Gasteiger partial charge is 0.382 e. The van der Waals surface area contributed by atoms with E-state index in [-0.39, 0.29) is 18.1 Å². The fourth-order valence-corrected chi connectivity index (χ4v) is 3.99. The molecule has 0 saturated heterocycles. The molecule has 1 aliphatic carbocycles. The van der Waals surface area contributed by atoms with Gasteiger partial charge in [0.25, 0.3) is 5.91 Å². The summed E-state index contributed by atoms with van der Waals surface area (Å²) in [7, 11) is 1.68. The van der Waals surface area contributed by atoms with Crippen molar-refractivity contribution in [3.8, 4) is 11.1 Å². The van der Waals surface area contributed by atoms with E-state index in [0.29, 0.717) is 18.8 Å². The molecule has 0 atom stereocenters. The molecule has 1 aromatic carbocycles. The highest BCUT2D eigenvalue weighted by Crippen LogP contribution is 2.28. The van der Waals surface area contributed by atoms with Gasteiger partial charge in [0.15, 0.2) is 0 Å². The summed E-state index contributed by atoms with van der Waals surface area (Å²) in [5, 5.41) is 4.25. The number of fused-ring (bicyclic) bond motifs is 1. The number of ether oxygens (including phenoxy) is 2. The number of nitrogens with one attached hydrogen (secondary N) is 2. The fraction of sp³-hybridized carbons (Fsp3) is 0.391. The molecule has 3 aromatic rings. The molecule has 152 valence electrons. The number of hydrogen-bond acceptors (Lipinski definition) is 4. The number of nitrogens with zero attached hydrogens (tertiary/aromatic N) is 1. The van der Waals surface area contributed by atoms with Crippen LogP contribution in [-0.4, -0.2) is 48.3 Å². The topological polar surface area (TPSA) is 76.2 Å². The van der Waals surface area contributed by atoms with Gasteiger partial charge >= 0.3 is 0 Å². The summed E-state index contributed by atoms with van der Waals surface area (Å²) in [4.78, 5) is 20.5. The number of pyridine rings is 1. The summed E-state index contributed by atoms with van der Waals surface area (Å²) in [6.45, 7) is 1.25. The van der Waals surface area contributed by atoms with Crippen LogP contribution in [0.1, 0.15) is 36.0 Å². The van der Waals surface area contributed by atoms with E-state index in [0.717, 1.165) is 47.7 Å². The van der Waals surface area contributed by atoms with Gasteiger partial charge in [-0.2, -0.15) is 0 Å². The minimum Gasteiger partial charge on any atom is -0.382 e. The van der Waals surface area contributed by atoms with Crippen LogP contribution >= 0.6 is 0 Å². The lowest BCUT2D eigenvalue weighted by Crippen LogP contribution is -2.39. The number of hydrogen-bond donors (Lipinski definition) is 2. The van der Waals surface area contributed by atoms with Crippen LogP contribution in [0, 0.1) is 0 Å². The van der Waals surface area contributed by atoms with Gasteiger partial charge in [0.1, 0.15) is 0 Å². The zero-order valence-corrected chi connectivity index (χ0v) is 16.7. The third-order valence-electron chi connectivity index (χ3n) is 5.55. The summed E-state index contributed by atoms with van der Waals surface area (Å²) in [5.41, 5.74) is 3.53. The summed E-state index contributed by atoms with van der Waals surface area (Å²) < 4.78 is 10.9. The van der Waals surface area contributed by atoms with Crippen LogP contribution in [-0.2, 0) is 9.47 Å². The number of benzene rings is 1. The average molecular weight is 393 g/mol. The van der Waals surface area contributed by atoms with E-state index in [1.807, 2.05) is 36.7 Å². The number of carbonyl (C=O) groups excluding carboxylic acids is 1. The van der Waals surface area contributed by atoms with Crippen molar-refractivity contribution in [1.82, 2.24) is 15.3 Å². The van der Waals surface area contributed by atoms with Crippen LogP contribution in [0.25, 0.3) is 22.0 Å². The van der Waals surface area contributed by atoms with E-state index in [1.54, 1.807) is 13.3 Å². The summed E-state index contributed by atoms with van der Waals surface area (Å²) in [6, 6.07) is 10.1. The Morgan fingerprint density at radius 2 is 2.03 bits per heavy atom. The van der Waals surface area contributed by atoms with Gasteiger partial charge in [-0.25, -0.2) is 0 Å². The Morgan fingerprint density at radius 1 is 1.17 bits per heavy atom. The quantitative estimate of drug-likeness (QED) is 0.596. The molecule has 29 heavy (non-hydrogen) atoms. The number of aromatic amines is 1. The molecule has 4 rings (SSSR count). The highest BCUT2D eigenvalue weighted by molar-refractivity contribution is 6.07. The lowest BCUT2D eigenvalue weighted by Gasteiger charge is -2.29. The first-order chi connectivity index (χ1) is 14.2. The molecule has 0 bridgehead atoms.